The Hall–Kier alpha value is -2.58. The Morgan fingerprint density at radius 1 is 1.00 bits per heavy atom. The maximum Gasteiger partial charge on any atom is 0.331 e. The summed E-state index contributed by atoms with van der Waals surface area (Å²) < 4.78 is 30.4. The number of aliphatic hydroxyl groups is 1. The topological polar surface area (TPSA) is 64.2 Å². The van der Waals surface area contributed by atoms with E-state index in [1.54, 1.807) is 24.3 Å². The van der Waals surface area contributed by atoms with E-state index >= 15 is 0 Å². The van der Waals surface area contributed by atoms with Crippen molar-refractivity contribution in [3.05, 3.63) is 102 Å². The first-order chi connectivity index (χ1) is 13.8. The van der Waals surface area contributed by atoms with Crippen molar-refractivity contribution in [1.29, 1.82) is 0 Å². The standard InChI is InChI=1S/C21H19BrF2N2O3/c1-13-19(22)20(28)26(10-15(12-27)14-6-3-2-4-7-14)21(29)25(13)11-16-17(23)8-5-9-18(16)24/h2-9,15,27H,10-12H2,1H3/t15-/m0/s1. The second kappa shape index (κ2) is 8.84. The first-order valence-corrected chi connectivity index (χ1v) is 9.72. The van der Waals surface area contributed by atoms with Gasteiger partial charge < -0.3 is 5.11 Å². The van der Waals surface area contributed by atoms with Crippen LogP contribution in [0.15, 0.2) is 62.6 Å². The van der Waals surface area contributed by atoms with Crippen molar-refractivity contribution in [2.24, 2.45) is 0 Å². The molecule has 0 radical (unpaired) electrons. The molecular weight excluding hydrogens is 446 g/mol. The summed E-state index contributed by atoms with van der Waals surface area (Å²) in [6.07, 6.45) is 0. The van der Waals surface area contributed by atoms with Crippen molar-refractivity contribution in [3.63, 3.8) is 0 Å². The predicted octanol–water partition coefficient (Wildman–Crippen LogP) is 3.18. The minimum absolute atomic E-state index is 0.0726. The van der Waals surface area contributed by atoms with E-state index in [9.17, 15) is 23.5 Å². The molecule has 1 aromatic heterocycles. The molecule has 29 heavy (non-hydrogen) atoms. The van der Waals surface area contributed by atoms with Crippen LogP contribution in [-0.4, -0.2) is 20.8 Å². The van der Waals surface area contributed by atoms with Crippen LogP contribution in [0.3, 0.4) is 0 Å². The quantitative estimate of drug-likeness (QED) is 0.609. The van der Waals surface area contributed by atoms with Crippen molar-refractivity contribution in [2.45, 2.75) is 25.9 Å². The van der Waals surface area contributed by atoms with Crippen LogP contribution in [0, 0.1) is 18.6 Å². The Morgan fingerprint density at radius 3 is 2.21 bits per heavy atom. The van der Waals surface area contributed by atoms with E-state index < -0.39 is 28.8 Å². The molecule has 1 atom stereocenters. The van der Waals surface area contributed by atoms with Crippen molar-refractivity contribution in [2.75, 3.05) is 6.61 Å². The number of hydrogen-bond acceptors (Lipinski definition) is 3. The molecule has 3 rings (SSSR count). The molecule has 0 bridgehead atoms. The highest BCUT2D eigenvalue weighted by molar-refractivity contribution is 9.10. The lowest BCUT2D eigenvalue weighted by Crippen LogP contribution is -2.43. The summed E-state index contributed by atoms with van der Waals surface area (Å²) in [6, 6.07) is 12.5. The van der Waals surface area contributed by atoms with Gasteiger partial charge in [-0.1, -0.05) is 36.4 Å². The lowest BCUT2D eigenvalue weighted by atomic mass is 10.00. The Morgan fingerprint density at radius 2 is 1.62 bits per heavy atom. The van der Waals surface area contributed by atoms with Gasteiger partial charge in [0.1, 0.15) is 16.1 Å². The van der Waals surface area contributed by atoms with Crippen molar-refractivity contribution in [3.8, 4) is 0 Å². The zero-order valence-electron chi connectivity index (χ0n) is 15.6. The minimum Gasteiger partial charge on any atom is -0.396 e. The maximum atomic E-state index is 14.1. The fourth-order valence-electron chi connectivity index (χ4n) is 3.17. The highest BCUT2D eigenvalue weighted by Crippen LogP contribution is 2.18. The zero-order chi connectivity index (χ0) is 21.1. The van der Waals surface area contributed by atoms with Crippen LogP contribution in [0.2, 0.25) is 0 Å². The first kappa shape index (κ1) is 21.1. The van der Waals surface area contributed by atoms with Gasteiger partial charge in [0.2, 0.25) is 0 Å². The Kier molecular flexibility index (Phi) is 6.44. The number of nitrogens with zero attached hydrogens (tertiary/aromatic N) is 2. The van der Waals surface area contributed by atoms with Crippen LogP contribution in [0.5, 0.6) is 0 Å². The number of aliphatic hydroxyl groups excluding tert-OH is 1. The van der Waals surface area contributed by atoms with Gasteiger partial charge in [0.05, 0.1) is 13.2 Å². The largest absolute Gasteiger partial charge is 0.396 e. The van der Waals surface area contributed by atoms with Gasteiger partial charge >= 0.3 is 5.69 Å². The average Bonchev–Trinajstić information content (AvgIpc) is 2.72. The lowest BCUT2D eigenvalue weighted by molar-refractivity contribution is 0.250. The van der Waals surface area contributed by atoms with E-state index in [-0.39, 0.29) is 35.4 Å². The van der Waals surface area contributed by atoms with Gasteiger partial charge in [-0.25, -0.2) is 13.6 Å². The molecule has 0 aliphatic heterocycles. The third-order valence-electron chi connectivity index (χ3n) is 4.89. The Bertz CT molecular complexity index is 1120. The molecule has 0 spiro atoms. The summed E-state index contributed by atoms with van der Waals surface area (Å²) in [6.45, 7) is 0.814. The van der Waals surface area contributed by atoms with Gasteiger partial charge in [0, 0.05) is 23.7 Å². The zero-order valence-corrected chi connectivity index (χ0v) is 17.2. The summed E-state index contributed by atoms with van der Waals surface area (Å²) in [5.74, 6) is -2.04. The number of aromatic nitrogens is 2. The minimum atomic E-state index is -0.775. The molecule has 0 unspecified atom stereocenters. The van der Waals surface area contributed by atoms with Gasteiger partial charge in [0.25, 0.3) is 5.56 Å². The molecule has 152 valence electrons. The van der Waals surface area contributed by atoms with Crippen LogP contribution in [0.25, 0.3) is 0 Å². The summed E-state index contributed by atoms with van der Waals surface area (Å²) in [5.41, 5.74) is -0.500. The van der Waals surface area contributed by atoms with Crippen molar-refractivity contribution in [1.82, 2.24) is 9.13 Å². The van der Waals surface area contributed by atoms with E-state index in [4.69, 9.17) is 0 Å². The smallest absolute Gasteiger partial charge is 0.331 e. The molecule has 1 N–H and O–H groups in total. The van der Waals surface area contributed by atoms with Gasteiger partial charge in [-0.2, -0.15) is 0 Å². The first-order valence-electron chi connectivity index (χ1n) is 8.93. The fourth-order valence-corrected chi connectivity index (χ4v) is 3.60. The van der Waals surface area contributed by atoms with Crippen LogP contribution >= 0.6 is 15.9 Å². The Balaban J connectivity index is 2.10. The molecule has 8 heteroatoms. The number of hydrogen-bond donors (Lipinski definition) is 1. The molecule has 5 nitrogen and oxygen atoms in total. The van der Waals surface area contributed by atoms with Crippen LogP contribution in [-0.2, 0) is 13.1 Å². The highest BCUT2D eigenvalue weighted by Gasteiger charge is 2.20. The van der Waals surface area contributed by atoms with Crippen molar-refractivity contribution >= 4 is 15.9 Å². The van der Waals surface area contributed by atoms with E-state index in [2.05, 4.69) is 15.9 Å². The third-order valence-corrected chi connectivity index (χ3v) is 5.80. The van der Waals surface area contributed by atoms with E-state index in [0.717, 1.165) is 26.8 Å². The summed E-state index contributed by atoms with van der Waals surface area (Å²) >= 11 is 3.19. The molecule has 3 aromatic rings. The molecule has 2 aromatic carbocycles. The molecule has 0 saturated carbocycles. The number of rotatable bonds is 6. The third kappa shape index (κ3) is 4.23. The number of halogens is 3. The number of benzene rings is 2. The molecule has 1 heterocycles. The molecule has 0 aliphatic rings. The monoisotopic (exact) mass is 464 g/mol. The SMILES string of the molecule is Cc1c(Br)c(=O)n(C[C@@H](CO)c2ccccc2)c(=O)n1Cc1c(F)cccc1F. The van der Waals surface area contributed by atoms with E-state index in [1.165, 1.54) is 13.0 Å². The maximum absolute atomic E-state index is 14.1. The second-order valence-corrected chi connectivity index (χ2v) is 7.47. The van der Waals surface area contributed by atoms with Crippen LogP contribution in [0.1, 0.15) is 22.7 Å². The summed E-state index contributed by atoms with van der Waals surface area (Å²) in [4.78, 5) is 25.8. The highest BCUT2D eigenvalue weighted by atomic mass is 79.9. The predicted molar refractivity (Wildman–Crippen MR) is 109 cm³/mol. The van der Waals surface area contributed by atoms with E-state index in [0.29, 0.717) is 0 Å². The summed E-state index contributed by atoms with van der Waals surface area (Å²) in [7, 11) is 0. The van der Waals surface area contributed by atoms with E-state index in [1.807, 2.05) is 6.07 Å². The lowest BCUT2D eigenvalue weighted by Gasteiger charge is -2.19. The molecule has 0 fully saturated rings. The fraction of sp³-hybridized carbons (Fsp3) is 0.238. The Labute approximate surface area is 174 Å². The summed E-state index contributed by atoms with van der Waals surface area (Å²) in [5, 5.41) is 9.79. The van der Waals surface area contributed by atoms with Gasteiger partial charge in [-0.3, -0.25) is 13.9 Å². The molecule has 0 amide bonds. The van der Waals surface area contributed by atoms with Crippen LogP contribution in [0.4, 0.5) is 8.78 Å². The normalized spacial score (nSPS) is 12.2. The molecule has 0 aliphatic carbocycles. The van der Waals surface area contributed by atoms with Crippen molar-refractivity contribution < 1.29 is 13.9 Å². The second-order valence-electron chi connectivity index (χ2n) is 6.67. The van der Waals surface area contributed by atoms with Gasteiger partial charge in [0.15, 0.2) is 0 Å². The van der Waals surface area contributed by atoms with Crippen LogP contribution < -0.4 is 11.2 Å². The van der Waals surface area contributed by atoms with Gasteiger partial charge in [-0.15, -0.1) is 0 Å². The van der Waals surface area contributed by atoms with Gasteiger partial charge in [-0.05, 0) is 40.5 Å². The molecule has 0 saturated heterocycles. The molecular formula is C21H19BrF2N2O3. The average molecular weight is 465 g/mol.